The summed E-state index contributed by atoms with van der Waals surface area (Å²) < 4.78 is 9.13. The SMILES string of the molecule is CN1CN(c2cccc(Oc3ccc4c5ccccc5n(-c5cc(C6(c7cccc8c7ccc7ccccc78)C7CC8CC(C7)CC6C8)ccn5)c4c3)c2)c2ccccc21. The first-order valence-electron chi connectivity index (χ1n) is 21.9. The minimum atomic E-state index is -0.0875. The Morgan fingerprint density at radius 2 is 1.25 bits per heavy atom. The number of pyridine rings is 1. The number of ether oxygens (including phenoxy) is 1. The van der Waals surface area contributed by atoms with Crippen LogP contribution in [0.5, 0.6) is 11.5 Å². The highest BCUT2D eigenvalue weighted by Gasteiger charge is 2.59. The number of hydrogen-bond donors (Lipinski definition) is 0. The molecule has 5 heteroatoms. The summed E-state index contributed by atoms with van der Waals surface area (Å²) in [7, 11) is 2.14. The minimum Gasteiger partial charge on any atom is -0.457 e. The van der Waals surface area contributed by atoms with Crippen molar-refractivity contribution in [2.75, 3.05) is 23.5 Å². The summed E-state index contributed by atoms with van der Waals surface area (Å²) in [6, 6.07) is 58.1. The van der Waals surface area contributed by atoms with Crippen LogP contribution >= 0.6 is 0 Å². The lowest BCUT2D eigenvalue weighted by Gasteiger charge is -2.62. The van der Waals surface area contributed by atoms with Crippen LogP contribution in [0.2, 0.25) is 0 Å². The monoisotopic (exact) mass is 778 g/mol. The third-order valence-electron chi connectivity index (χ3n) is 15.1. The molecule has 4 saturated carbocycles. The van der Waals surface area contributed by atoms with Gasteiger partial charge in [-0.25, -0.2) is 4.98 Å². The maximum absolute atomic E-state index is 6.74. The van der Waals surface area contributed by atoms with Gasteiger partial charge in [0.15, 0.2) is 0 Å². The summed E-state index contributed by atoms with van der Waals surface area (Å²) in [6.45, 7) is 0.794. The molecule has 4 fully saturated rings. The van der Waals surface area contributed by atoms with Gasteiger partial charge < -0.3 is 14.5 Å². The second-order valence-corrected chi connectivity index (χ2v) is 18.2. The van der Waals surface area contributed by atoms with Gasteiger partial charge in [0, 0.05) is 47.3 Å². The number of rotatable bonds is 6. The summed E-state index contributed by atoms with van der Waals surface area (Å²) >= 11 is 0. The zero-order chi connectivity index (χ0) is 39.5. The molecule has 5 nitrogen and oxygen atoms in total. The van der Waals surface area contributed by atoms with Crippen LogP contribution in [-0.2, 0) is 5.41 Å². The Morgan fingerprint density at radius 1 is 0.550 bits per heavy atom. The molecule has 14 rings (SSSR count). The highest BCUT2D eigenvalue weighted by molar-refractivity contribution is 6.10. The van der Waals surface area contributed by atoms with E-state index in [1.165, 1.54) is 86.9 Å². The molecule has 1 aliphatic heterocycles. The highest BCUT2D eigenvalue weighted by Crippen LogP contribution is 2.66. The lowest BCUT2D eigenvalue weighted by molar-refractivity contribution is -0.0412. The van der Waals surface area contributed by atoms with E-state index in [-0.39, 0.29) is 5.41 Å². The van der Waals surface area contributed by atoms with Crippen LogP contribution in [0.15, 0.2) is 164 Å². The van der Waals surface area contributed by atoms with Gasteiger partial charge in [0.05, 0.1) is 29.1 Å². The van der Waals surface area contributed by atoms with Crippen LogP contribution in [0.4, 0.5) is 17.1 Å². The lowest BCUT2D eigenvalue weighted by Crippen LogP contribution is -2.56. The molecular formula is C55H46N4O. The predicted molar refractivity (Wildman–Crippen MR) is 246 cm³/mol. The number of aromatic nitrogens is 2. The van der Waals surface area contributed by atoms with E-state index in [1.54, 1.807) is 0 Å². The Bertz CT molecular complexity index is 3150. The minimum absolute atomic E-state index is 0.0875. The van der Waals surface area contributed by atoms with Gasteiger partial charge >= 0.3 is 0 Å². The van der Waals surface area contributed by atoms with Crippen LogP contribution in [0.3, 0.4) is 0 Å². The molecule has 0 N–H and O–H groups in total. The number of hydrogen-bond acceptors (Lipinski definition) is 4. The molecule has 292 valence electrons. The molecular weight excluding hydrogens is 733 g/mol. The second kappa shape index (κ2) is 13.0. The van der Waals surface area contributed by atoms with Gasteiger partial charge in [-0.05, 0) is 143 Å². The van der Waals surface area contributed by atoms with Crippen molar-refractivity contribution in [3.63, 3.8) is 0 Å². The van der Waals surface area contributed by atoms with Crippen LogP contribution in [0.1, 0.15) is 43.2 Å². The third kappa shape index (κ3) is 4.95. The van der Waals surface area contributed by atoms with Gasteiger partial charge in [-0.2, -0.15) is 0 Å². The maximum Gasteiger partial charge on any atom is 0.137 e. The molecule has 3 heterocycles. The fraction of sp³-hybridized carbons (Fsp3) is 0.218. The van der Waals surface area contributed by atoms with Gasteiger partial charge in [0.1, 0.15) is 17.3 Å². The van der Waals surface area contributed by atoms with Gasteiger partial charge in [-0.1, -0.05) is 91.0 Å². The molecule has 0 spiro atoms. The van der Waals surface area contributed by atoms with E-state index in [1.807, 2.05) is 0 Å². The van der Waals surface area contributed by atoms with Crippen molar-refractivity contribution in [3.05, 3.63) is 175 Å². The summed E-state index contributed by atoms with van der Waals surface area (Å²) in [6.07, 6.45) is 8.77. The van der Waals surface area contributed by atoms with Gasteiger partial charge in [0.2, 0.25) is 0 Å². The van der Waals surface area contributed by atoms with Gasteiger partial charge in [-0.3, -0.25) is 4.57 Å². The Morgan fingerprint density at radius 3 is 2.12 bits per heavy atom. The number of para-hydroxylation sites is 3. The summed E-state index contributed by atoms with van der Waals surface area (Å²) in [5.41, 5.74) is 8.66. The summed E-state index contributed by atoms with van der Waals surface area (Å²) in [5, 5.41) is 7.84. The van der Waals surface area contributed by atoms with E-state index in [0.29, 0.717) is 11.8 Å². The Balaban J connectivity index is 0.952. The largest absolute Gasteiger partial charge is 0.457 e. The Hall–Kier alpha value is -6.59. The standard InChI is InChI=1S/C55H46N4O/c1-57-34-58(52-19-7-6-18-51(52)57)41-11-8-12-42(32-41)60-43-21-23-48-47-14-4-5-17-50(47)59(53(48)33-43)54-31-38(24-25-56-54)55(39-27-35-26-36(29-39)30-40(55)28-35)49-16-9-15-45-44-13-3-2-10-37(44)20-22-46(45)49/h2-25,31-33,35-36,39-40H,26-30,34H2,1H3. The average molecular weight is 779 g/mol. The lowest BCUT2D eigenvalue weighted by atomic mass is 9.42. The zero-order valence-electron chi connectivity index (χ0n) is 33.8. The van der Waals surface area contributed by atoms with Crippen LogP contribution in [0.25, 0.3) is 49.2 Å². The molecule has 2 aromatic heterocycles. The summed E-state index contributed by atoms with van der Waals surface area (Å²) in [4.78, 5) is 9.86. The first-order valence-corrected chi connectivity index (χ1v) is 21.9. The van der Waals surface area contributed by atoms with Gasteiger partial charge in [0.25, 0.3) is 0 Å². The first-order chi connectivity index (χ1) is 29.6. The topological polar surface area (TPSA) is 33.5 Å². The molecule has 7 aromatic carbocycles. The van der Waals surface area contributed by atoms with Crippen LogP contribution in [0, 0.1) is 23.7 Å². The quantitative estimate of drug-likeness (QED) is 0.157. The Kier molecular flexibility index (Phi) is 7.40. The van der Waals surface area contributed by atoms with Crippen molar-refractivity contribution >= 4 is 60.4 Å². The predicted octanol–water partition coefficient (Wildman–Crippen LogP) is 13.6. The first kappa shape index (κ1) is 34.3. The summed E-state index contributed by atoms with van der Waals surface area (Å²) in [5.74, 6) is 5.48. The van der Waals surface area contributed by atoms with E-state index in [4.69, 9.17) is 9.72 Å². The average Bonchev–Trinajstić information content (AvgIpc) is 3.80. The number of benzene rings is 7. The van der Waals surface area contributed by atoms with E-state index in [2.05, 4.69) is 185 Å². The molecule has 0 radical (unpaired) electrons. The number of anilines is 3. The molecule has 0 unspecified atom stereocenters. The van der Waals surface area contributed by atoms with Crippen LogP contribution in [-0.4, -0.2) is 23.3 Å². The molecule has 9 aromatic rings. The van der Waals surface area contributed by atoms with E-state index < -0.39 is 0 Å². The van der Waals surface area contributed by atoms with Gasteiger partial charge in [-0.15, -0.1) is 0 Å². The molecule has 5 aliphatic rings. The molecule has 0 atom stereocenters. The van der Waals surface area contributed by atoms with Crippen molar-refractivity contribution in [2.24, 2.45) is 23.7 Å². The zero-order valence-corrected chi connectivity index (χ0v) is 33.8. The van der Waals surface area contributed by atoms with Crippen molar-refractivity contribution in [1.29, 1.82) is 0 Å². The van der Waals surface area contributed by atoms with E-state index in [0.717, 1.165) is 52.5 Å². The smallest absolute Gasteiger partial charge is 0.137 e. The van der Waals surface area contributed by atoms with Crippen molar-refractivity contribution < 1.29 is 4.74 Å². The molecule has 0 amide bonds. The van der Waals surface area contributed by atoms with Crippen molar-refractivity contribution in [3.8, 4) is 17.3 Å². The van der Waals surface area contributed by atoms with Crippen LogP contribution < -0.4 is 14.5 Å². The van der Waals surface area contributed by atoms with Crippen molar-refractivity contribution in [1.82, 2.24) is 9.55 Å². The third-order valence-corrected chi connectivity index (χ3v) is 15.1. The normalized spacial score (nSPS) is 23.0. The van der Waals surface area contributed by atoms with Crippen molar-refractivity contribution in [2.45, 2.75) is 37.5 Å². The maximum atomic E-state index is 6.74. The molecule has 60 heavy (non-hydrogen) atoms. The van der Waals surface area contributed by atoms with E-state index in [9.17, 15) is 0 Å². The fourth-order valence-corrected chi connectivity index (χ4v) is 12.9. The Labute approximate surface area is 350 Å². The number of fused-ring (bicyclic) bond motifs is 7. The highest BCUT2D eigenvalue weighted by atomic mass is 16.5. The van der Waals surface area contributed by atoms with E-state index >= 15 is 0 Å². The second-order valence-electron chi connectivity index (χ2n) is 18.2. The molecule has 0 saturated heterocycles. The molecule has 4 aliphatic carbocycles. The number of nitrogens with zero attached hydrogens (tertiary/aromatic N) is 4. The molecule has 4 bridgehead atoms. The fourth-order valence-electron chi connectivity index (χ4n) is 12.9.